The number of carbonyl (C=O) groups is 1. The maximum atomic E-state index is 12.1. The smallest absolute Gasteiger partial charge is 0.222 e. The molecule has 0 atom stereocenters. The lowest BCUT2D eigenvalue weighted by Crippen LogP contribution is -2.26. The predicted octanol–water partition coefficient (Wildman–Crippen LogP) is 4.82. The van der Waals surface area contributed by atoms with Crippen LogP contribution < -0.4 is 4.74 Å². The average molecular weight is 401 g/mol. The summed E-state index contributed by atoms with van der Waals surface area (Å²) in [5.41, 5.74) is 0.976. The molecule has 0 radical (unpaired) electrons. The summed E-state index contributed by atoms with van der Waals surface area (Å²) in [5.74, 6) is 1.59. The fraction of sp³-hybridized carbons (Fsp3) is 0.353. The van der Waals surface area contributed by atoms with Gasteiger partial charge in [0.1, 0.15) is 11.5 Å². The summed E-state index contributed by atoms with van der Waals surface area (Å²) in [6.07, 6.45) is 1.09. The number of halogens is 2. The zero-order chi connectivity index (χ0) is 16.8. The molecule has 0 spiro atoms. The van der Waals surface area contributed by atoms with Crippen LogP contribution in [0.25, 0.3) is 0 Å². The Kier molecular flexibility index (Phi) is 6.54. The highest BCUT2D eigenvalue weighted by molar-refractivity contribution is 9.10. The van der Waals surface area contributed by atoms with Crippen LogP contribution in [-0.4, -0.2) is 24.5 Å². The molecular formula is C17H19BrClNO3. The van der Waals surface area contributed by atoms with Crippen molar-refractivity contribution in [3.05, 3.63) is 51.3 Å². The highest BCUT2D eigenvalue weighted by Crippen LogP contribution is 2.21. The van der Waals surface area contributed by atoms with Crippen molar-refractivity contribution in [3.63, 3.8) is 0 Å². The summed E-state index contributed by atoms with van der Waals surface area (Å²) < 4.78 is 11.7. The van der Waals surface area contributed by atoms with Crippen LogP contribution in [0.5, 0.6) is 5.75 Å². The minimum Gasteiger partial charge on any atom is -0.494 e. The van der Waals surface area contributed by atoms with Crippen LogP contribution >= 0.6 is 27.5 Å². The molecule has 1 aromatic carbocycles. The number of amides is 1. The molecule has 4 nitrogen and oxygen atoms in total. The van der Waals surface area contributed by atoms with Crippen molar-refractivity contribution in [2.24, 2.45) is 0 Å². The fourth-order valence-electron chi connectivity index (χ4n) is 2.07. The molecule has 2 aromatic rings. The third-order valence-electron chi connectivity index (χ3n) is 3.38. The van der Waals surface area contributed by atoms with Gasteiger partial charge in [-0.2, -0.15) is 0 Å². The Morgan fingerprint density at radius 3 is 2.78 bits per heavy atom. The van der Waals surface area contributed by atoms with Gasteiger partial charge in [0.25, 0.3) is 0 Å². The summed E-state index contributed by atoms with van der Waals surface area (Å²) in [7, 11) is 1.77. The number of benzene rings is 1. The Hall–Kier alpha value is -1.46. The summed E-state index contributed by atoms with van der Waals surface area (Å²) in [5, 5.41) is 0.721. The van der Waals surface area contributed by atoms with E-state index in [9.17, 15) is 4.79 Å². The third-order valence-corrected chi connectivity index (χ3v) is 4.23. The Bertz CT molecular complexity index is 672. The molecule has 1 aromatic heterocycles. The van der Waals surface area contributed by atoms with E-state index in [4.69, 9.17) is 20.8 Å². The van der Waals surface area contributed by atoms with Crippen molar-refractivity contribution in [1.82, 2.24) is 4.90 Å². The van der Waals surface area contributed by atoms with Gasteiger partial charge in [0, 0.05) is 18.5 Å². The molecule has 0 aliphatic carbocycles. The third kappa shape index (κ3) is 5.59. The molecular weight excluding hydrogens is 382 g/mol. The molecule has 0 bridgehead atoms. The van der Waals surface area contributed by atoms with Crippen molar-refractivity contribution in [2.75, 3.05) is 13.7 Å². The highest BCUT2D eigenvalue weighted by Gasteiger charge is 2.11. The van der Waals surface area contributed by atoms with E-state index in [1.807, 2.05) is 37.3 Å². The Labute approximate surface area is 149 Å². The number of hydrogen-bond donors (Lipinski definition) is 0. The first-order chi connectivity index (χ1) is 11.0. The molecule has 0 fully saturated rings. The van der Waals surface area contributed by atoms with Gasteiger partial charge in [0.2, 0.25) is 5.91 Å². The Morgan fingerprint density at radius 2 is 2.13 bits per heavy atom. The molecule has 0 saturated heterocycles. The molecule has 0 aliphatic heterocycles. The first kappa shape index (κ1) is 17.9. The van der Waals surface area contributed by atoms with Gasteiger partial charge in [-0.1, -0.05) is 11.6 Å². The maximum absolute atomic E-state index is 12.1. The van der Waals surface area contributed by atoms with E-state index in [-0.39, 0.29) is 5.91 Å². The summed E-state index contributed by atoms with van der Waals surface area (Å²) in [6.45, 7) is 2.88. The van der Waals surface area contributed by atoms with Crippen LogP contribution in [0.2, 0.25) is 5.02 Å². The van der Waals surface area contributed by atoms with Crippen LogP contribution in [0, 0.1) is 6.92 Å². The van der Waals surface area contributed by atoms with Gasteiger partial charge in [-0.05, 0) is 65.2 Å². The van der Waals surface area contributed by atoms with E-state index < -0.39 is 0 Å². The lowest BCUT2D eigenvalue weighted by atomic mass is 10.2. The number of furan rings is 1. The van der Waals surface area contributed by atoms with Gasteiger partial charge < -0.3 is 14.1 Å². The van der Waals surface area contributed by atoms with Crippen LogP contribution in [0.3, 0.4) is 0 Å². The second-order valence-corrected chi connectivity index (χ2v) is 6.51. The van der Waals surface area contributed by atoms with Gasteiger partial charge in [0.05, 0.1) is 13.2 Å². The van der Waals surface area contributed by atoms with E-state index in [0.717, 1.165) is 22.1 Å². The zero-order valence-electron chi connectivity index (χ0n) is 13.1. The number of ether oxygens (including phenoxy) is 1. The molecule has 0 N–H and O–H groups in total. The second-order valence-electron chi connectivity index (χ2n) is 5.32. The van der Waals surface area contributed by atoms with E-state index in [0.29, 0.717) is 30.7 Å². The topological polar surface area (TPSA) is 42.7 Å². The van der Waals surface area contributed by atoms with Crippen LogP contribution in [0.4, 0.5) is 0 Å². The largest absolute Gasteiger partial charge is 0.494 e. The number of nitrogens with zero attached hydrogens (tertiary/aromatic N) is 1. The minimum atomic E-state index is 0.0633. The SMILES string of the molecule is Cc1cc(OCCCC(=O)N(C)Cc2ccc(Br)o2)ccc1Cl. The average Bonchev–Trinajstić information content (AvgIpc) is 2.92. The molecule has 1 amide bonds. The first-order valence-corrected chi connectivity index (χ1v) is 8.50. The standard InChI is InChI=1S/C17H19BrClNO3/c1-12-10-13(5-7-15(12)19)22-9-3-4-17(21)20(2)11-14-6-8-16(18)23-14/h5-8,10H,3-4,9,11H2,1-2H3. The van der Waals surface area contributed by atoms with E-state index >= 15 is 0 Å². The van der Waals surface area contributed by atoms with Gasteiger partial charge in [-0.15, -0.1) is 0 Å². The Balaban J connectivity index is 1.70. The van der Waals surface area contributed by atoms with Crippen molar-refractivity contribution in [3.8, 4) is 5.75 Å². The number of hydrogen-bond acceptors (Lipinski definition) is 3. The lowest BCUT2D eigenvalue weighted by molar-refractivity contribution is -0.130. The highest BCUT2D eigenvalue weighted by atomic mass is 79.9. The van der Waals surface area contributed by atoms with Crippen molar-refractivity contribution >= 4 is 33.4 Å². The first-order valence-electron chi connectivity index (χ1n) is 7.33. The lowest BCUT2D eigenvalue weighted by Gasteiger charge is -2.15. The van der Waals surface area contributed by atoms with Crippen LogP contribution in [-0.2, 0) is 11.3 Å². The number of aryl methyl sites for hydroxylation is 1. The normalized spacial score (nSPS) is 10.6. The summed E-state index contributed by atoms with van der Waals surface area (Å²) in [4.78, 5) is 13.7. The Morgan fingerprint density at radius 1 is 1.35 bits per heavy atom. The number of rotatable bonds is 7. The van der Waals surface area contributed by atoms with Gasteiger partial charge in [-0.3, -0.25) is 4.79 Å². The van der Waals surface area contributed by atoms with E-state index in [1.54, 1.807) is 11.9 Å². The summed E-state index contributed by atoms with van der Waals surface area (Å²) in [6, 6.07) is 9.20. The molecule has 2 rings (SSSR count). The minimum absolute atomic E-state index is 0.0633. The molecule has 0 saturated carbocycles. The van der Waals surface area contributed by atoms with Crippen molar-refractivity contribution < 1.29 is 13.9 Å². The maximum Gasteiger partial charge on any atom is 0.222 e. The van der Waals surface area contributed by atoms with Crippen molar-refractivity contribution in [1.29, 1.82) is 0 Å². The molecule has 0 unspecified atom stereocenters. The molecule has 0 aliphatic rings. The number of carbonyl (C=O) groups excluding carboxylic acids is 1. The van der Waals surface area contributed by atoms with Gasteiger partial charge >= 0.3 is 0 Å². The van der Waals surface area contributed by atoms with Crippen LogP contribution in [0.1, 0.15) is 24.2 Å². The van der Waals surface area contributed by atoms with E-state index in [1.165, 1.54) is 0 Å². The van der Waals surface area contributed by atoms with Crippen molar-refractivity contribution in [2.45, 2.75) is 26.3 Å². The molecule has 6 heteroatoms. The zero-order valence-corrected chi connectivity index (χ0v) is 15.5. The molecule has 1 heterocycles. The van der Waals surface area contributed by atoms with E-state index in [2.05, 4.69) is 15.9 Å². The fourth-order valence-corrected chi connectivity index (χ4v) is 2.53. The second kappa shape index (κ2) is 8.41. The van der Waals surface area contributed by atoms with Crippen LogP contribution in [0.15, 0.2) is 39.4 Å². The van der Waals surface area contributed by atoms with Gasteiger partial charge in [0.15, 0.2) is 4.67 Å². The summed E-state index contributed by atoms with van der Waals surface area (Å²) >= 11 is 9.22. The van der Waals surface area contributed by atoms with Gasteiger partial charge in [-0.25, -0.2) is 0 Å². The molecule has 124 valence electrons. The molecule has 23 heavy (non-hydrogen) atoms. The predicted molar refractivity (Wildman–Crippen MR) is 93.8 cm³/mol. The monoisotopic (exact) mass is 399 g/mol. The quantitative estimate of drug-likeness (QED) is 0.626.